The Labute approximate surface area is 107 Å². The van der Waals surface area contributed by atoms with Crippen LogP contribution in [0.25, 0.3) is 0 Å². The molecule has 0 N–H and O–H groups in total. The summed E-state index contributed by atoms with van der Waals surface area (Å²) >= 11 is 1.81. The predicted octanol–water partition coefficient (Wildman–Crippen LogP) is 3.09. The van der Waals surface area contributed by atoms with Gasteiger partial charge in [-0.1, -0.05) is 24.6 Å². The Morgan fingerprint density at radius 2 is 2.24 bits per heavy atom. The van der Waals surface area contributed by atoms with E-state index in [4.69, 9.17) is 4.74 Å². The number of carbonyl (C=O) groups excluding carboxylic acids is 1. The summed E-state index contributed by atoms with van der Waals surface area (Å²) in [6.45, 7) is 0. The molecule has 0 radical (unpaired) electrons. The summed E-state index contributed by atoms with van der Waals surface area (Å²) < 4.78 is 5.27. The first-order valence-corrected chi connectivity index (χ1v) is 7.12. The molecule has 0 bridgehead atoms. The lowest BCUT2D eigenvalue weighted by molar-refractivity contribution is -0.118. The van der Waals surface area contributed by atoms with E-state index in [9.17, 15) is 4.79 Å². The van der Waals surface area contributed by atoms with Crippen molar-refractivity contribution in [1.82, 2.24) is 0 Å². The lowest BCUT2D eigenvalue weighted by atomic mass is 10.0. The number of methoxy groups -OCH3 is 1. The summed E-state index contributed by atoms with van der Waals surface area (Å²) in [6, 6.07) is 7.78. The van der Waals surface area contributed by atoms with Crippen molar-refractivity contribution in [1.29, 1.82) is 0 Å². The lowest BCUT2D eigenvalue weighted by Crippen LogP contribution is -2.22. The number of carbonyl (C=O) groups is 1. The average Bonchev–Trinajstić information content (AvgIpc) is 2.40. The molecular formula is C14H18O2S. The molecule has 17 heavy (non-hydrogen) atoms. The molecule has 0 saturated carbocycles. The number of Topliss-reactive ketones (excluding diaryl/α,β-unsaturated/α-hetero) is 1. The van der Waals surface area contributed by atoms with E-state index in [-0.39, 0.29) is 5.25 Å². The van der Waals surface area contributed by atoms with E-state index in [2.05, 4.69) is 0 Å². The van der Waals surface area contributed by atoms with Crippen LogP contribution in [0.5, 0.6) is 5.75 Å². The molecule has 1 saturated heterocycles. The summed E-state index contributed by atoms with van der Waals surface area (Å²) in [4.78, 5) is 12.2. The maximum atomic E-state index is 12.2. The summed E-state index contributed by atoms with van der Waals surface area (Å²) in [7, 11) is 1.65. The van der Waals surface area contributed by atoms with Gasteiger partial charge in [-0.05, 0) is 24.7 Å². The molecule has 1 aliphatic rings. The van der Waals surface area contributed by atoms with Gasteiger partial charge >= 0.3 is 0 Å². The molecule has 0 spiro atoms. The Kier molecular flexibility index (Phi) is 4.49. The largest absolute Gasteiger partial charge is 0.496 e. The smallest absolute Gasteiger partial charge is 0.150 e. The van der Waals surface area contributed by atoms with Gasteiger partial charge in [0, 0.05) is 12.0 Å². The Morgan fingerprint density at radius 3 is 2.94 bits per heavy atom. The molecule has 1 aromatic rings. The minimum Gasteiger partial charge on any atom is -0.496 e. The number of hydrogen-bond acceptors (Lipinski definition) is 3. The second-order valence-corrected chi connectivity index (χ2v) is 5.62. The Bertz CT molecular complexity index is 384. The summed E-state index contributed by atoms with van der Waals surface area (Å²) in [5, 5.41) is 0.202. The zero-order chi connectivity index (χ0) is 12.1. The molecule has 1 atom stereocenters. The second kappa shape index (κ2) is 6.10. The number of ketones is 1. The first-order chi connectivity index (χ1) is 8.31. The number of thioether (sulfide) groups is 1. The van der Waals surface area contributed by atoms with Gasteiger partial charge < -0.3 is 4.74 Å². The van der Waals surface area contributed by atoms with Crippen LogP contribution in [0.2, 0.25) is 0 Å². The lowest BCUT2D eigenvalue weighted by Gasteiger charge is -2.20. The number of hydrogen-bond donors (Lipinski definition) is 0. The number of ether oxygens (including phenoxy) is 1. The maximum Gasteiger partial charge on any atom is 0.150 e. The van der Waals surface area contributed by atoms with Gasteiger partial charge in [0.25, 0.3) is 0 Å². The van der Waals surface area contributed by atoms with Crippen molar-refractivity contribution in [3.63, 3.8) is 0 Å². The normalized spacial score (nSPS) is 19.9. The van der Waals surface area contributed by atoms with Crippen molar-refractivity contribution in [2.75, 3.05) is 12.9 Å². The molecule has 92 valence electrons. The van der Waals surface area contributed by atoms with Crippen LogP contribution in [0.15, 0.2) is 24.3 Å². The van der Waals surface area contributed by atoms with Crippen molar-refractivity contribution in [2.45, 2.75) is 30.9 Å². The quantitative estimate of drug-likeness (QED) is 0.821. The van der Waals surface area contributed by atoms with E-state index in [1.54, 1.807) is 7.11 Å². The fourth-order valence-electron chi connectivity index (χ4n) is 2.15. The van der Waals surface area contributed by atoms with Gasteiger partial charge in [0.15, 0.2) is 0 Å². The maximum absolute atomic E-state index is 12.2. The molecule has 1 unspecified atom stereocenters. The van der Waals surface area contributed by atoms with Crippen molar-refractivity contribution in [2.24, 2.45) is 0 Å². The van der Waals surface area contributed by atoms with E-state index in [1.165, 1.54) is 12.8 Å². The van der Waals surface area contributed by atoms with Crippen LogP contribution < -0.4 is 4.74 Å². The minimum atomic E-state index is 0.202. The molecule has 1 heterocycles. The van der Waals surface area contributed by atoms with Crippen LogP contribution >= 0.6 is 11.8 Å². The SMILES string of the molecule is COc1ccccc1CC(=O)C1CCCCS1. The summed E-state index contributed by atoms with van der Waals surface area (Å²) in [5.41, 5.74) is 1.01. The van der Waals surface area contributed by atoms with Crippen molar-refractivity contribution in [3.05, 3.63) is 29.8 Å². The third kappa shape index (κ3) is 3.25. The molecule has 1 aromatic carbocycles. The highest BCUT2D eigenvalue weighted by molar-refractivity contribution is 8.00. The van der Waals surface area contributed by atoms with Gasteiger partial charge in [-0.25, -0.2) is 0 Å². The second-order valence-electron chi connectivity index (χ2n) is 4.31. The molecular weight excluding hydrogens is 232 g/mol. The van der Waals surface area contributed by atoms with Crippen LogP contribution in [0, 0.1) is 0 Å². The summed E-state index contributed by atoms with van der Waals surface area (Å²) in [6.07, 6.45) is 3.98. The van der Waals surface area contributed by atoms with Gasteiger partial charge in [0.1, 0.15) is 11.5 Å². The highest BCUT2D eigenvalue weighted by Gasteiger charge is 2.22. The number of para-hydroxylation sites is 1. The number of rotatable bonds is 4. The molecule has 1 fully saturated rings. The third-order valence-corrected chi connectivity index (χ3v) is 4.52. The van der Waals surface area contributed by atoms with Crippen LogP contribution in [0.1, 0.15) is 24.8 Å². The monoisotopic (exact) mass is 250 g/mol. The fraction of sp³-hybridized carbons (Fsp3) is 0.500. The molecule has 3 heteroatoms. The Hall–Kier alpha value is -0.960. The highest BCUT2D eigenvalue weighted by atomic mass is 32.2. The van der Waals surface area contributed by atoms with E-state index < -0.39 is 0 Å². The molecule has 0 aliphatic carbocycles. The van der Waals surface area contributed by atoms with Gasteiger partial charge in [-0.2, -0.15) is 11.8 Å². The van der Waals surface area contributed by atoms with Crippen LogP contribution in [-0.2, 0) is 11.2 Å². The van der Waals surface area contributed by atoms with Gasteiger partial charge in [-0.3, -0.25) is 4.79 Å². The van der Waals surface area contributed by atoms with E-state index in [0.29, 0.717) is 12.2 Å². The fourth-order valence-corrected chi connectivity index (χ4v) is 3.40. The average molecular weight is 250 g/mol. The standard InChI is InChI=1S/C14H18O2S/c1-16-13-7-3-2-6-11(13)10-12(15)14-8-4-5-9-17-14/h2-3,6-7,14H,4-5,8-10H2,1H3. The Balaban J connectivity index is 2.01. The number of benzene rings is 1. The van der Waals surface area contributed by atoms with E-state index >= 15 is 0 Å². The van der Waals surface area contributed by atoms with Gasteiger partial charge in [0.2, 0.25) is 0 Å². The van der Waals surface area contributed by atoms with Crippen LogP contribution in [0.3, 0.4) is 0 Å². The summed E-state index contributed by atoms with van der Waals surface area (Å²) in [5.74, 6) is 2.29. The predicted molar refractivity (Wildman–Crippen MR) is 71.8 cm³/mol. The molecule has 0 amide bonds. The third-order valence-electron chi connectivity index (χ3n) is 3.10. The first kappa shape index (κ1) is 12.5. The molecule has 1 aliphatic heterocycles. The van der Waals surface area contributed by atoms with Crippen molar-refractivity contribution in [3.8, 4) is 5.75 Å². The van der Waals surface area contributed by atoms with Crippen molar-refractivity contribution < 1.29 is 9.53 Å². The van der Waals surface area contributed by atoms with Crippen molar-refractivity contribution >= 4 is 17.5 Å². The zero-order valence-electron chi connectivity index (χ0n) is 10.1. The highest BCUT2D eigenvalue weighted by Crippen LogP contribution is 2.28. The van der Waals surface area contributed by atoms with Gasteiger partial charge in [-0.15, -0.1) is 0 Å². The first-order valence-electron chi connectivity index (χ1n) is 6.07. The van der Waals surface area contributed by atoms with Gasteiger partial charge in [0.05, 0.1) is 12.4 Å². The molecule has 0 aromatic heterocycles. The van der Waals surface area contributed by atoms with Crippen LogP contribution in [-0.4, -0.2) is 23.9 Å². The van der Waals surface area contributed by atoms with Crippen LogP contribution in [0.4, 0.5) is 0 Å². The zero-order valence-corrected chi connectivity index (χ0v) is 11.0. The van der Waals surface area contributed by atoms with E-state index in [0.717, 1.165) is 23.5 Å². The molecule has 2 rings (SSSR count). The molecule has 2 nitrogen and oxygen atoms in total. The minimum absolute atomic E-state index is 0.202. The topological polar surface area (TPSA) is 26.3 Å². The Morgan fingerprint density at radius 1 is 1.41 bits per heavy atom. The van der Waals surface area contributed by atoms with E-state index in [1.807, 2.05) is 36.0 Å².